The van der Waals surface area contributed by atoms with Crippen molar-refractivity contribution < 1.29 is 4.79 Å². The van der Waals surface area contributed by atoms with Gasteiger partial charge in [-0.25, -0.2) is 0 Å². The zero-order valence-electron chi connectivity index (χ0n) is 13.9. The molecular formula is C20H26N2O. The first-order valence-electron chi connectivity index (χ1n) is 8.24. The van der Waals surface area contributed by atoms with Crippen molar-refractivity contribution in [1.29, 1.82) is 0 Å². The van der Waals surface area contributed by atoms with Crippen LogP contribution in [0.25, 0.3) is 0 Å². The Morgan fingerprint density at radius 2 is 1.91 bits per heavy atom. The second-order valence-electron chi connectivity index (χ2n) is 5.69. The molecule has 23 heavy (non-hydrogen) atoms. The number of hydrogen-bond donors (Lipinski definition) is 1. The Kier molecular flexibility index (Phi) is 6.51. The minimum atomic E-state index is 0.151. The number of carbonyl (C=O) groups excluding carboxylic acids is 1. The van der Waals surface area contributed by atoms with E-state index in [0.717, 1.165) is 37.3 Å². The summed E-state index contributed by atoms with van der Waals surface area (Å²) in [6.07, 6.45) is 6.26. The van der Waals surface area contributed by atoms with Crippen molar-refractivity contribution in [2.75, 3.05) is 26.2 Å². The minimum absolute atomic E-state index is 0.151. The highest BCUT2D eigenvalue weighted by Gasteiger charge is 2.24. The van der Waals surface area contributed by atoms with E-state index in [-0.39, 0.29) is 11.8 Å². The second kappa shape index (κ2) is 8.61. The smallest absolute Gasteiger partial charge is 0.162 e. The molecule has 3 heteroatoms. The molecule has 1 heterocycles. The van der Waals surface area contributed by atoms with E-state index in [1.165, 1.54) is 5.56 Å². The summed E-state index contributed by atoms with van der Waals surface area (Å²) in [5.74, 6) is 0.181. The molecule has 0 spiro atoms. The number of allylic oxidation sites excluding steroid dienone is 2. The SMILES string of the molecule is C=C/C=C(\C=C)C(c1ccc(C(=O)CC)cc1)N1CCNCC1. The zero-order valence-corrected chi connectivity index (χ0v) is 13.9. The fraction of sp³-hybridized carbons (Fsp3) is 0.350. The third-order valence-corrected chi connectivity index (χ3v) is 4.25. The van der Waals surface area contributed by atoms with E-state index in [1.54, 1.807) is 6.08 Å². The molecule has 0 amide bonds. The van der Waals surface area contributed by atoms with Gasteiger partial charge in [-0.05, 0) is 11.1 Å². The molecule has 0 aromatic heterocycles. The molecule has 3 nitrogen and oxygen atoms in total. The van der Waals surface area contributed by atoms with Gasteiger partial charge in [0.2, 0.25) is 0 Å². The van der Waals surface area contributed by atoms with E-state index in [2.05, 4.69) is 35.5 Å². The lowest BCUT2D eigenvalue weighted by molar-refractivity contribution is 0.0988. The van der Waals surface area contributed by atoms with Crippen LogP contribution < -0.4 is 5.32 Å². The third-order valence-electron chi connectivity index (χ3n) is 4.25. The van der Waals surface area contributed by atoms with Crippen molar-refractivity contribution in [3.63, 3.8) is 0 Å². The predicted octanol–water partition coefficient (Wildman–Crippen LogP) is 3.52. The number of piperazine rings is 1. The van der Waals surface area contributed by atoms with Gasteiger partial charge in [-0.15, -0.1) is 0 Å². The summed E-state index contributed by atoms with van der Waals surface area (Å²) in [4.78, 5) is 14.3. The first-order valence-corrected chi connectivity index (χ1v) is 8.24. The van der Waals surface area contributed by atoms with Crippen LogP contribution >= 0.6 is 0 Å². The summed E-state index contributed by atoms with van der Waals surface area (Å²) in [7, 11) is 0. The lowest BCUT2D eigenvalue weighted by Gasteiger charge is -2.36. The Morgan fingerprint density at radius 1 is 1.26 bits per heavy atom. The molecule has 122 valence electrons. The van der Waals surface area contributed by atoms with Gasteiger partial charge < -0.3 is 5.32 Å². The first-order chi connectivity index (χ1) is 11.2. The lowest BCUT2D eigenvalue weighted by atomic mass is 9.94. The maximum Gasteiger partial charge on any atom is 0.162 e. The van der Waals surface area contributed by atoms with Gasteiger partial charge in [0.25, 0.3) is 0 Å². The molecule has 1 fully saturated rings. The summed E-state index contributed by atoms with van der Waals surface area (Å²) < 4.78 is 0. The Morgan fingerprint density at radius 3 is 2.43 bits per heavy atom. The van der Waals surface area contributed by atoms with Crippen LogP contribution in [0.3, 0.4) is 0 Å². The van der Waals surface area contributed by atoms with E-state index < -0.39 is 0 Å². The van der Waals surface area contributed by atoms with E-state index >= 15 is 0 Å². The summed E-state index contributed by atoms with van der Waals surface area (Å²) in [6.45, 7) is 13.6. The quantitative estimate of drug-likeness (QED) is 0.618. The van der Waals surface area contributed by atoms with Gasteiger partial charge in [0.15, 0.2) is 5.78 Å². The fourth-order valence-corrected chi connectivity index (χ4v) is 3.02. The number of nitrogens with zero attached hydrogens (tertiary/aromatic N) is 1. The van der Waals surface area contributed by atoms with Gasteiger partial charge >= 0.3 is 0 Å². The molecule has 1 atom stereocenters. The van der Waals surface area contributed by atoms with Crippen LogP contribution in [-0.2, 0) is 0 Å². The highest BCUT2D eigenvalue weighted by Crippen LogP contribution is 2.30. The Hall–Kier alpha value is -1.97. The van der Waals surface area contributed by atoms with Gasteiger partial charge in [0.05, 0.1) is 6.04 Å². The summed E-state index contributed by atoms with van der Waals surface area (Å²) >= 11 is 0. The molecule has 0 saturated carbocycles. The largest absolute Gasteiger partial charge is 0.314 e. The highest BCUT2D eigenvalue weighted by atomic mass is 16.1. The van der Waals surface area contributed by atoms with Crippen molar-refractivity contribution in [1.82, 2.24) is 10.2 Å². The van der Waals surface area contributed by atoms with Crippen molar-refractivity contribution >= 4 is 5.78 Å². The van der Waals surface area contributed by atoms with Crippen molar-refractivity contribution in [2.24, 2.45) is 0 Å². The summed E-state index contributed by atoms with van der Waals surface area (Å²) in [5.41, 5.74) is 3.10. The summed E-state index contributed by atoms with van der Waals surface area (Å²) in [6, 6.07) is 8.15. The summed E-state index contributed by atoms with van der Waals surface area (Å²) in [5, 5.41) is 3.39. The van der Waals surface area contributed by atoms with Crippen LogP contribution in [0.15, 0.2) is 61.2 Å². The average Bonchev–Trinajstić information content (AvgIpc) is 2.62. The molecule has 1 N–H and O–H groups in total. The number of ketones is 1. The van der Waals surface area contributed by atoms with E-state index in [4.69, 9.17) is 0 Å². The Bertz CT molecular complexity index is 580. The normalized spacial score (nSPS) is 17.5. The fourth-order valence-electron chi connectivity index (χ4n) is 3.02. The predicted molar refractivity (Wildman–Crippen MR) is 96.7 cm³/mol. The molecule has 0 aliphatic carbocycles. The number of nitrogens with one attached hydrogen (secondary N) is 1. The van der Waals surface area contributed by atoms with Gasteiger partial charge in [-0.1, -0.05) is 62.6 Å². The van der Waals surface area contributed by atoms with E-state index in [9.17, 15) is 4.79 Å². The number of Topliss-reactive ketones (excluding diaryl/α,β-unsaturated/α-hetero) is 1. The molecule has 0 bridgehead atoms. The maximum absolute atomic E-state index is 11.8. The van der Waals surface area contributed by atoms with Gasteiger partial charge in [-0.3, -0.25) is 9.69 Å². The average molecular weight is 310 g/mol. The van der Waals surface area contributed by atoms with Crippen LogP contribution in [0, 0.1) is 0 Å². The van der Waals surface area contributed by atoms with Crippen LogP contribution in [0.4, 0.5) is 0 Å². The number of carbonyl (C=O) groups is 1. The molecule has 1 aliphatic heterocycles. The molecular weight excluding hydrogens is 284 g/mol. The zero-order chi connectivity index (χ0) is 16.7. The molecule has 1 saturated heterocycles. The van der Waals surface area contributed by atoms with E-state index in [1.807, 2.05) is 31.2 Å². The third kappa shape index (κ3) is 4.27. The van der Waals surface area contributed by atoms with Crippen LogP contribution in [0.5, 0.6) is 0 Å². The molecule has 1 aromatic carbocycles. The van der Waals surface area contributed by atoms with Crippen molar-refractivity contribution in [2.45, 2.75) is 19.4 Å². The lowest BCUT2D eigenvalue weighted by Crippen LogP contribution is -2.45. The molecule has 1 aliphatic rings. The molecule has 1 aromatic rings. The van der Waals surface area contributed by atoms with Gasteiger partial charge in [0.1, 0.15) is 0 Å². The standard InChI is InChI=1S/C20H26N2O/c1-4-7-16(5-2)20(22-14-12-21-13-15-22)18-10-8-17(9-11-18)19(23)6-3/h4-5,7-11,20-21H,1-2,6,12-15H2,3H3/b16-7+. The van der Waals surface area contributed by atoms with Crippen LogP contribution in [0.2, 0.25) is 0 Å². The second-order valence-corrected chi connectivity index (χ2v) is 5.69. The van der Waals surface area contributed by atoms with Crippen LogP contribution in [-0.4, -0.2) is 36.9 Å². The molecule has 0 radical (unpaired) electrons. The van der Waals surface area contributed by atoms with E-state index in [0.29, 0.717) is 6.42 Å². The Balaban J connectivity index is 2.35. The Labute approximate surface area is 139 Å². The monoisotopic (exact) mass is 310 g/mol. The molecule has 1 unspecified atom stereocenters. The van der Waals surface area contributed by atoms with Gasteiger partial charge in [-0.2, -0.15) is 0 Å². The van der Waals surface area contributed by atoms with Crippen LogP contribution in [0.1, 0.15) is 35.3 Å². The number of hydrogen-bond acceptors (Lipinski definition) is 3. The molecule has 2 rings (SSSR count). The van der Waals surface area contributed by atoms with Crippen molar-refractivity contribution in [3.05, 3.63) is 72.4 Å². The first kappa shape index (κ1) is 17.4. The topological polar surface area (TPSA) is 32.3 Å². The maximum atomic E-state index is 11.8. The van der Waals surface area contributed by atoms with Gasteiger partial charge in [0, 0.05) is 38.2 Å². The van der Waals surface area contributed by atoms with Crippen molar-refractivity contribution in [3.8, 4) is 0 Å². The minimum Gasteiger partial charge on any atom is -0.314 e. The highest BCUT2D eigenvalue weighted by molar-refractivity contribution is 5.95. The number of rotatable bonds is 7. The number of benzene rings is 1.